The van der Waals surface area contributed by atoms with Gasteiger partial charge in [-0.2, -0.15) is 5.10 Å². The van der Waals surface area contributed by atoms with Crippen molar-refractivity contribution >= 4 is 28.9 Å². The van der Waals surface area contributed by atoms with E-state index >= 15 is 0 Å². The second kappa shape index (κ2) is 5.80. The SMILES string of the molecule is CCc1nn(C)c(CNc2cccc(Cl)c2F)c1Cl. The van der Waals surface area contributed by atoms with Gasteiger partial charge in [0.1, 0.15) is 0 Å². The summed E-state index contributed by atoms with van der Waals surface area (Å²) in [4.78, 5) is 0. The number of rotatable bonds is 4. The monoisotopic (exact) mass is 301 g/mol. The molecule has 0 aliphatic carbocycles. The second-order valence-corrected chi connectivity index (χ2v) is 4.92. The van der Waals surface area contributed by atoms with Crippen molar-refractivity contribution in [3.05, 3.63) is 45.4 Å². The maximum atomic E-state index is 13.7. The fourth-order valence-corrected chi connectivity index (χ4v) is 2.37. The number of nitrogens with zero attached hydrogens (tertiary/aromatic N) is 2. The Morgan fingerprint density at radius 1 is 1.37 bits per heavy atom. The molecule has 0 atom stereocenters. The number of aryl methyl sites for hydroxylation is 2. The third-order valence-corrected chi connectivity index (χ3v) is 3.63. The van der Waals surface area contributed by atoms with Crippen molar-refractivity contribution in [2.45, 2.75) is 19.9 Å². The maximum absolute atomic E-state index is 13.7. The summed E-state index contributed by atoms with van der Waals surface area (Å²) in [5.74, 6) is -0.460. The molecule has 2 aromatic rings. The quantitative estimate of drug-likeness (QED) is 0.923. The number of hydrogen-bond acceptors (Lipinski definition) is 2. The van der Waals surface area contributed by atoms with E-state index in [1.165, 1.54) is 6.07 Å². The molecule has 0 saturated carbocycles. The minimum Gasteiger partial charge on any atom is -0.377 e. The number of hydrogen-bond donors (Lipinski definition) is 1. The van der Waals surface area contributed by atoms with Crippen LogP contribution in [0.4, 0.5) is 10.1 Å². The number of benzene rings is 1. The summed E-state index contributed by atoms with van der Waals surface area (Å²) in [5.41, 5.74) is 2.01. The number of nitrogens with one attached hydrogen (secondary N) is 1. The third-order valence-electron chi connectivity index (χ3n) is 2.90. The fourth-order valence-electron chi connectivity index (χ4n) is 1.83. The molecule has 6 heteroatoms. The van der Waals surface area contributed by atoms with Crippen molar-refractivity contribution in [3.63, 3.8) is 0 Å². The smallest absolute Gasteiger partial charge is 0.164 e. The Bertz CT molecular complexity index is 596. The van der Waals surface area contributed by atoms with Crippen LogP contribution in [0.15, 0.2) is 18.2 Å². The summed E-state index contributed by atoms with van der Waals surface area (Å²) in [5, 5.41) is 8.01. The Labute approximate surface area is 121 Å². The first-order valence-corrected chi connectivity index (χ1v) is 6.68. The number of aromatic nitrogens is 2. The van der Waals surface area contributed by atoms with Gasteiger partial charge < -0.3 is 5.32 Å². The average Bonchev–Trinajstić information content (AvgIpc) is 2.66. The van der Waals surface area contributed by atoms with Gasteiger partial charge in [-0.1, -0.05) is 36.2 Å². The second-order valence-electron chi connectivity index (χ2n) is 4.14. The van der Waals surface area contributed by atoms with E-state index in [4.69, 9.17) is 23.2 Å². The molecule has 0 amide bonds. The molecule has 0 aliphatic rings. The maximum Gasteiger partial charge on any atom is 0.164 e. The summed E-state index contributed by atoms with van der Waals surface area (Å²) in [6.07, 6.45) is 0.762. The lowest BCUT2D eigenvalue weighted by Gasteiger charge is -2.09. The van der Waals surface area contributed by atoms with Crippen molar-refractivity contribution in [1.29, 1.82) is 0 Å². The zero-order valence-corrected chi connectivity index (χ0v) is 12.2. The highest BCUT2D eigenvalue weighted by Gasteiger charge is 2.13. The molecule has 1 N–H and O–H groups in total. The molecular formula is C13H14Cl2FN3. The number of anilines is 1. The predicted molar refractivity (Wildman–Crippen MR) is 76.3 cm³/mol. The van der Waals surface area contributed by atoms with Gasteiger partial charge in [-0.15, -0.1) is 0 Å². The summed E-state index contributed by atoms with van der Waals surface area (Å²) < 4.78 is 15.4. The topological polar surface area (TPSA) is 29.9 Å². The Balaban J connectivity index is 2.19. The van der Waals surface area contributed by atoms with Crippen molar-refractivity contribution in [3.8, 4) is 0 Å². The van der Waals surface area contributed by atoms with E-state index in [-0.39, 0.29) is 5.02 Å². The summed E-state index contributed by atoms with van der Waals surface area (Å²) >= 11 is 11.9. The van der Waals surface area contributed by atoms with Crippen LogP contribution in [-0.2, 0) is 20.0 Å². The lowest BCUT2D eigenvalue weighted by Crippen LogP contribution is -2.07. The van der Waals surface area contributed by atoms with Crippen LogP contribution in [0.2, 0.25) is 10.0 Å². The molecule has 1 aromatic carbocycles. The highest BCUT2D eigenvalue weighted by molar-refractivity contribution is 6.32. The minimum atomic E-state index is -0.460. The van der Waals surface area contributed by atoms with Crippen LogP contribution < -0.4 is 5.32 Å². The normalized spacial score (nSPS) is 10.8. The van der Waals surface area contributed by atoms with E-state index in [2.05, 4.69) is 10.4 Å². The molecule has 0 unspecified atom stereocenters. The molecule has 1 heterocycles. The summed E-state index contributed by atoms with van der Waals surface area (Å²) in [7, 11) is 1.82. The molecule has 0 saturated heterocycles. The Hall–Kier alpha value is -1.26. The summed E-state index contributed by atoms with van der Waals surface area (Å²) in [6, 6.07) is 4.83. The lowest BCUT2D eigenvalue weighted by molar-refractivity contribution is 0.629. The predicted octanol–water partition coefficient (Wildman–Crippen LogP) is 4.04. The fraction of sp³-hybridized carbons (Fsp3) is 0.308. The van der Waals surface area contributed by atoms with Crippen LogP contribution in [0.5, 0.6) is 0 Å². The average molecular weight is 302 g/mol. The molecular weight excluding hydrogens is 288 g/mol. The van der Waals surface area contributed by atoms with Gasteiger partial charge in [-0.05, 0) is 18.6 Å². The van der Waals surface area contributed by atoms with Gasteiger partial charge >= 0.3 is 0 Å². The van der Waals surface area contributed by atoms with Crippen LogP contribution in [0.1, 0.15) is 18.3 Å². The third kappa shape index (κ3) is 2.85. The zero-order valence-electron chi connectivity index (χ0n) is 10.7. The molecule has 1 aromatic heterocycles. The molecule has 19 heavy (non-hydrogen) atoms. The van der Waals surface area contributed by atoms with Crippen LogP contribution in [0, 0.1) is 5.82 Å². The summed E-state index contributed by atoms with van der Waals surface area (Å²) in [6.45, 7) is 2.38. The van der Waals surface area contributed by atoms with Gasteiger partial charge in [0.25, 0.3) is 0 Å². The molecule has 2 rings (SSSR count). The first-order valence-electron chi connectivity index (χ1n) is 5.92. The van der Waals surface area contributed by atoms with Gasteiger partial charge in [0.2, 0.25) is 0 Å². The van der Waals surface area contributed by atoms with Gasteiger partial charge in [-0.25, -0.2) is 4.39 Å². The number of halogens is 3. The van der Waals surface area contributed by atoms with E-state index in [0.29, 0.717) is 17.3 Å². The van der Waals surface area contributed by atoms with Gasteiger partial charge in [-0.3, -0.25) is 4.68 Å². The molecule has 3 nitrogen and oxygen atoms in total. The van der Waals surface area contributed by atoms with Crippen LogP contribution in [-0.4, -0.2) is 9.78 Å². The van der Waals surface area contributed by atoms with E-state index in [1.807, 2.05) is 14.0 Å². The van der Waals surface area contributed by atoms with E-state index in [9.17, 15) is 4.39 Å². The van der Waals surface area contributed by atoms with Gasteiger partial charge in [0.05, 0.1) is 33.7 Å². The zero-order chi connectivity index (χ0) is 14.0. The van der Waals surface area contributed by atoms with Crippen LogP contribution in [0.25, 0.3) is 0 Å². The Morgan fingerprint density at radius 2 is 2.11 bits per heavy atom. The molecule has 0 fully saturated rings. The molecule has 0 aliphatic heterocycles. The highest BCUT2D eigenvalue weighted by atomic mass is 35.5. The van der Waals surface area contributed by atoms with Gasteiger partial charge in [0, 0.05) is 7.05 Å². The van der Waals surface area contributed by atoms with E-state index < -0.39 is 5.82 Å². The van der Waals surface area contributed by atoms with Gasteiger partial charge in [0.15, 0.2) is 5.82 Å². The minimum absolute atomic E-state index is 0.0929. The molecule has 102 valence electrons. The first kappa shape index (κ1) is 14.2. The highest BCUT2D eigenvalue weighted by Crippen LogP contribution is 2.25. The van der Waals surface area contributed by atoms with E-state index in [0.717, 1.165) is 17.8 Å². The lowest BCUT2D eigenvalue weighted by atomic mass is 10.2. The molecule has 0 spiro atoms. The Morgan fingerprint density at radius 3 is 2.74 bits per heavy atom. The molecule has 0 radical (unpaired) electrons. The van der Waals surface area contributed by atoms with Crippen LogP contribution in [0.3, 0.4) is 0 Å². The van der Waals surface area contributed by atoms with Crippen molar-refractivity contribution in [1.82, 2.24) is 9.78 Å². The first-order chi connectivity index (χ1) is 9.04. The van der Waals surface area contributed by atoms with Crippen LogP contribution >= 0.6 is 23.2 Å². The van der Waals surface area contributed by atoms with Crippen molar-refractivity contribution < 1.29 is 4.39 Å². The standard InChI is InChI=1S/C13H14Cl2FN3/c1-3-9-12(15)11(19(2)18-9)7-17-10-6-4-5-8(14)13(10)16/h4-6,17H,3,7H2,1-2H3. The largest absolute Gasteiger partial charge is 0.377 e. The molecule has 0 bridgehead atoms. The van der Waals surface area contributed by atoms with E-state index in [1.54, 1.807) is 16.8 Å². The Kier molecular flexibility index (Phi) is 4.32. The van der Waals surface area contributed by atoms with Crippen molar-refractivity contribution in [2.24, 2.45) is 7.05 Å². The van der Waals surface area contributed by atoms with Crippen molar-refractivity contribution in [2.75, 3.05) is 5.32 Å².